The van der Waals surface area contributed by atoms with Crippen molar-refractivity contribution < 1.29 is 9.18 Å². The first-order valence-corrected chi connectivity index (χ1v) is 9.39. The van der Waals surface area contributed by atoms with Crippen molar-refractivity contribution in [2.45, 2.75) is 40.4 Å². The number of halogens is 1. The number of carbonyl (C=O) groups is 1. The summed E-state index contributed by atoms with van der Waals surface area (Å²) in [7, 11) is 0. The van der Waals surface area contributed by atoms with Gasteiger partial charge in [-0.25, -0.2) is 9.18 Å². The number of aromatic nitrogens is 1. The molecule has 0 aliphatic rings. The average molecular weight is 379 g/mol. The number of hydrogen-bond donors (Lipinski definition) is 2. The normalized spacial score (nSPS) is 10.7. The summed E-state index contributed by atoms with van der Waals surface area (Å²) in [4.78, 5) is 12.1. The minimum Gasteiger partial charge on any atom is -0.345 e. The molecular formula is C23H26FN3O. The first-order chi connectivity index (χ1) is 13.4. The molecule has 3 aromatic rings. The van der Waals surface area contributed by atoms with E-state index in [1.54, 1.807) is 12.1 Å². The van der Waals surface area contributed by atoms with Crippen LogP contribution in [0.15, 0.2) is 54.7 Å². The molecule has 2 N–H and O–H groups in total. The summed E-state index contributed by atoms with van der Waals surface area (Å²) in [6, 6.07) is 14.2. The first kappa shape index (κ1) is 19.7. The zero-order valence-electron chi connectivity index (χ0n) is 16.6. The number of nitrogens with zero attached hydrogens (tertiary/aromatic N) is 1. The number of urea groups is 1. The zero-order valence-corrected chi connectivity index (χ0v) is 16.6. The Balaban J connectivity index is 1.57. The molecule has 5 heteroatoms. The highest BCUT2D eigenvalue weighted by atomic mass is 19.1. The molecule has 146 valence electrons. The topological polar surface area (TPSA) is 46.1 Å². The van der Waals surface area contributed by atoms with Crippen LogP contribution in [-0.4, -0.2) is 10.6 Å². The second-order valence-electron chi connectivity index (χ2n) is 7.17. The molecule has 0 aliphatic heterocycles. The molecule has 0 fully saturated rings. The highest BCUT2D eigenvalue weighted by Gasteiger charge is 2.09. The second-order valence-corrected chi connectivity index (χ2v) is 7.17. The molecule has 0 aliphatic carbocycles. The molecule has 0 saturated heterocycles. The molecule has 2 amide bonds. The van der Waals surface area contributed by atoms with Crippen LogP contribution in [0.2, 0.25) is 0 Å². The summed E-state index contributed by atoms with van der Waals surface area (Å²) >= 11 is 0. The van der Waals surface area contributed by atoms with Crippen molar-refractivity contribution in [3.63, 3.8) is 0 Å². The number of aryl methyl sites for hydroxylation is 3. The third kappa shape index (κ3) is 5.00. The maximum Gasteiger partial charge on any atom is 0.315 e. The Bertz CT molecular complexity index is 937. The van der Waals surface area contributed by atoms with Gasteiger partial charge in [-0.05, 0) is 67.3 Å². The Morgan fingerprint density at radius 2 is 1.61 bits per heavy atom. The SMILES string of the molecule is Cc1cc(C)c(Cn2cccc2CNC(=O)NCc2ccc(F)cc2)c(C)c1. The molecular weight excluding hydrogens is 353 g/mol. The minimum absolute atomic E-state index is 0.250. The molecule has 4 nitrogen and oxygen atoms in total. The van der Waals surface area contributed by atoms with Crippen molar-refractivity contribution in [3.05, 3.63) is 94.1 Å². The van der Waals surface area contributed by atoms with Gasteiger partial charge in [-0.1, -0.05) is 29.8 Å². The van der Waals surface area contributed by atoms with E-state index in [1.165, 1.54) is 34.4 Å². The Morgan fingerprint density at radius 3 is 2.29 bits per heavy atom. The molecule has 1 heterocycles. The number of hydrogen-bond acceptors (Lipinski definition) is 1. The van der Waals surface area contributed by atoms with Gasteiger partial charge in [0, 0.05) is 25.0 Å². The van der Waals surface area contributed by atoms with Crippen LogP contribution in [0.25, 0.3) is 0 Å². The van der Waals surface area contributed by atoms with E-state index in [1.807, 2.05) is 18.3 Å². The fraction of sp³-hybridized carbons (Fsp3) is 0.261. The van der Waals surface area contributed by atoms with Crippen molar-refractivity contribution in [3.8, 4) is 0 Å². The van der Waals surface area contributed by atoms with Crippen molar-refractivity contribution in [1.29, 1.82) is 0 Å². The van der Waals surface area contributed by atoms with Crippen molar-refractivity contribution >= 4 is 6.03 Å². The quantitative estimate of drug-likeness (QED) is 0.646. The predicted molar refractivity (Wildman–Crippen MR) is 110 cm³/mol. The Labute approximate surface area is 165 Å². The third-order valence-corrected chi connectivity index (χ3v) is 4.89. The lowest BCUT2D eigenvalue weighted by Gasteiger charge is -2.15. The highest BCUT2D eigenvalue weighted by molar-refractivity contribution is 5.73. The summed E-state index contributed by atoms with van der Waals surface area (Å²) < 4.78 is 15.1. The van der Waals surface area contributed by atoms with Gasteiger partial charge in [0.1, 0.15) is 5.82 Å². The fourth-order valence-electron chi connectivity index (χ4n) is 3.41. The van der Waals surface area contributed by atoms with E-state index in [0.29, 0.717) is 13.1 Å². The molecule has 0 saturated carbocycles. The van der Waals surface area contributed by atoms with Crippen LogP contribution in [0.4, 0.5) is 9.18 Å². The smallest absolute Gasteiger partial charge is 0.315 e. The minimum atomic E-state index is -0.284. The molecule has 28 heavy (non-hydrogen) atoms. The van der Waals surface area contributed by atoms with Crippen LogP contribution in [0.5, 0.6) is 0 Å². The van der Waals surface area contributed by atoms with E-state index in [4.69, 9.17) is 0 Å². The highest BCUT2D eigenvalue weighted by Crippen LogP contribution is 2.18. The van der Waals surface area contributed by atoms with Crippen LogP contribution in [0, 0.1) is 26.6 Å². The number of rotatable bonds is 6. The molecule has 0 atom stereocenters. The van der Waals surface area contributed by atoms with Crippen molar-refractivity contribution in [2.24, 2.45) is 0 Å². The lowest BCUT2D eigenvalue weighted by molar-refractivity contribution is 0.240. The van der Waals surface area contributed by atoms with Gasteiger partial charge in [-0.2, -0.15) is 0 Å². The second kappa shape index (κ2) is 8.74. The van der Waals surface area contributed by atoms with Gasteiger partial charge in [0.05, 0.1) is 6.54 Å². The van der Waals surface area contributed by atoms with Gasteiger partial charge >= 0.3 is 6.03 Å². The number of amides is 2. The third-order valence-electron chi connectivity index (χ3n) is 4.89. The fourth-order valence-corrected chi connectivity index (χ4v) is 3.41. The van der Waals surface area contributed by atoms with Crippen molar-refractivity contribution in [1.82, 2.24) is 15.2 Å². The van der Waals surface area contributed by atoms with E-state index in [2.05, 4.69) is 48.1 Å². The first-order valence-electron chi connectivity index (χ1n) is 9.39. The molecule has 0 unspecified atom stereocenters. The summed E-state index contributed by atoms with van der Waals surface area (Å²) in [5.41, 5.74) is 7.03. The largest absolute Gasteiger partial charge is 0.345 e. The summed E-state index contributed by atoms with van der Waals surface area (Å²) in [5, 5.41) is 5.68. The molecule has 0 bridgehead atoms. The van der Waals surface area contributed by atoms with Crippen LogP contribution >= 0.6 is 0 Å². The van der Waals surface area contributed by atoms with E-state index in [0.717, 1.165) is 17.8 Å². The molecule has 0 radical (unpaired) electrons. The monoisotopic (exact) mass is 379 g/mol. The Kier molecular flexibility index (Phi) is 6.14. The standard InChI is InChI=1S/C23H26FN3O/c1-16-11-17(2)22(18(3)12-16)15-27-10-4-5-21(27)14-26-23(28)25-13-19-6-8-20(24)9-7-19/h4-12H,13-15H2,1-3H3,(H2,25,26,28). The zero-order chi connectivity index (χ0) is 20.1. The predicted octanol–water partition coefficient (Wildman–Crippen LogP) is 4.60. The Morgan fingerprint density at radius 1 is 0.964 bits per heavy atom. The number of carbonyl (C=O) groups excluding carboxylic acids is 1. The van der Waals surface area contributed by atoms with Gasteiger partial charge in [0.15, 0.2) is 0 Å². The van der Waals surface area contributed by atoms with E-state index in [-0.39, 0.29) is 11.8 Å². The van der Waals surface area contributed by atoms with Gasteiger partial charge in [0.25, 0.3) is 0 Å². The summed E-state index contributed by atoms with van der Waals surface area (Å²) in [6.07, 6.45) is 2.03. The summed E-state index contributed by atoms with van der Waals surface area (Å²) in [6.45, 7) is 7.96. The van der Waals surface area contributed by atoms with Gasteiger partial charge in [-0.3, -0.25) is 0 Å². The molecule has 3 rings (SSSR count). The molecule has 1 aromatic heterocycles. The van der Waals surface area contributed by atoms with Crippen LogP contribution < -0.4 is 10.6 Å². The van der Waals surface area contributed by atoms with E-state index >= 15 is 0 Å². The average Bonchev–Trinajstić information content (AvgIpc) is 3.09. The molecule has 2 aromatic carbocycles. The maximum atomic E-state index is 12.9. The van der Waals surface area contributed by atoms with Crippen LogP contribution in [0.1, 0.15) is 33.5 Å². The number of benzene rings is 2. The van der Waals surface area contributed by atoms with Gasteiger partial charge in [0.2, 0.25) is 0 Å². The van der Waals surface area contributed by atoms with Gasteiger partial charge in [-0.15, -0.1) is 0 Å². The van der Waals surface area contributed by atoms with Crippen molar-refractivity contribution in [2.75, 3.05) is 0 Å². The van der Waals surface area contributed by atoms with E-state index in [9.17, 15) is 9.18 Å². The van der Waals surface area contributed by atoms with Crippen LogP contribution in [0.3, 0.4) is 0 Å². The van der Waals surface area contributed by atoms with E-state index < -0.39 is 0 Å². The molecule has 0 spiro atoms. The maximum absolute atomic E-state index is 12.9. The summed E-state index contributed by atoms with van der Waals surface area (Å²) in [5.74, 6) is -0.284. The lowest BCUT2D eigenvalue weighted by atomic mass is 10.00. The Hall–Kier alpha value is -3.08. The van der Waals surface area contributed by atoms with Gasteiger partial charge < -0.3 is 15.2 Å². The number of nitrogens with one attached hydrogen (secondary N) is 2. The van der Waals surface area contributed by atoms with Crippen LogP contribution in [-0.2, 0) is 19.6 Å². The lowest BCUT2D eigenvalue weighted by Crippen LogP contribution is -2.35.